The predicted octanol–water partition coefficient (Wildman–Crippen LogP) is 2.36. The van der Waals surface area contributed by atoms with E-state index in [0.29, 0.717) is 0 Å². The van der Waals surface area contributed by atoms with Gasteiger partial charge in [0, 0.05) is 57.5 Å². The third kappa shape index (κ3) is 4.02. The van der Waals surface area contributed by atoms with Gasteiger partial charge < -0.3 is 14.8 Å². The molecule has 4 nitrogen and oxygen atoms in total. The molecule has 0 amide bonds. The van der Waals surface area contributed by atoms with E-state index < -0.39 is 0 Å². The molecule has 1 N–H and O–H groups in total. The fourth-order valence-corrected chi connectivity index (χ4v) is 3.10. The van der Waals surface area contributed by atoms with Gasteiger partial charge in [0.25, 0.3) is 0 Å². The Labute approximate surface area is 128 Å². The molecule has 1 aromatic heterocycles. The van der Waals surface area contributed by atoms with Crippen molar-refractivity contribution in [2.75, 3.05) is 26.9 Å². The minimum atomic E-state index is -0.140. The van der Waals surface area contributed by atoms with Crippen LogP contribution < -0.4 is 5.32 Å². The Bertz CT molecular complexity index is 413. The number of hydrogen-bond acceptors (Lipinski definition) is 4. The number of pyridine rings is 1. The normalized spacial score (nSPS) is 19.4. The number of ether oxygens (including phenoxy) is 2. The van der Waals surface area contributed by atoms with Gasteiger partial charge in [0.1, 0.15) is 0 Å². The zero-order valence-electron chi connectivity index (χ0n) is 13.5. The van der Waals surface area contributed by atoms with E-state index in [0.717, 1.165) is 51.1 Å². The Kier molecular flexibility index (Phi) is 6.15. The minimum absolute atomic E-state index is 0.140. The van der Waals surface area contributed by atoms with Gasteiger partial charge in [-0.15, -0.1) is 0 Å². The molecule has 21 heavy (non-hydrogen) atoms. The number of aryl methyl sites for hydroxylation is 1. The highest BCUT2D eigenvalue weighted by atomic mass is 16.5. The Morgan fingerprint density at radius 2 is 2.10 bits per heavy atom. The quantitative estimate of drug-likeness (QED) is 0.838. The second-order valence-corrected chi connectivity index (χ2v) is 5.71. The van der Waals surface area contributed by atoms with E-state index >= 15 is 0 Å². The van der Waals surface area contributed by atoms with Gasteiger partial charge in [-0.05, 0) is 24.6 Å². The van der Waals surface area contributed by atoms with Crippen LogP contribution in [0.2, 0.25) is 0 Å². The van der Waals surface area contributed by atoms with Crippen LogP contribution in [0.3, 0.4) is 0 Å². The number of hydrogen-bond donors (Lipinski definition) is 1. The molecule has 1 unspecified atom stereocenters. The molecule has 118 valence electrons. The minimum Gasteiger partial charge on any atom is -0.381 e. The highest BCUT2D eigenvalue weighted by molar-refractivity contribution is 5.16. The first-order valence-electron chi connectivity index (χ1n) is 8.04. The van der Waals surface area contributed by atoms with Crippen molar-refractivity contribution in [3.8, 4) is 0 Å². The van der Waals surface area contributed by atoms with Crippen LogP contribution in [-0.4, -0.2) is 43.5 Å². The van der Waals surface area contributed by atoms with E-state index in [1.54, 1.807) is 0 Å². The highest BCUT2D eigenvalue weighted by Gasteiger charge is 2.40. The largest absolute Gasteiger partial charge is 0.381 e. The molecule has 0 aromatic carbocycles. The number of methoxy groups -OCH3 is 1. The first-order chi connectivity index (χ1) is 10.2. The summed E-state index contributed by atoms with van der Waals surface area (Å²) < 4.78 is 11.5. The summed E-state index contributed by atoms with van der Waals surface area (Å²) in [6, 6.07) is 4.59. The van der Waals surface area contributed by atoms with Crippen molar-refractivity contribution in [3.63, 3.8) is 0 Å². The molecule has 1 atom stereocenters. The van der Waals surface area contributed by atoms with Crippen molar-refractivity contribution >= 4 is 0 Å². The van der Waals surface area contributed by atoms with Gasteiger partial charge in [0.05, 0.1) is 5.60 Å². The van der Waals surface area contributed by atoms with Crippen molar-refractivity contribution in [2.24, 2.45) is 0 Å². The number of nitrogens with one attached hydrogen (secondary N) is 1. The van der Waals surface area contributed by atoms with Gasteiger partial charge in [-0.25, -0.2) is 0 Å². The molecule has 1 saturated heterocycles. The second-order valence-electron chi connectivity index (χ2n) is 5.71. The Hall–Kier alpha value is -0.970. The van der Waals surface area contributed by atoms with Crippen LogP contribution in [0.25, 0.3) is 0 Å². The van der Waals surface area contributed by atoms with Gasteiger partial charge in [-0.1, -0.05) is 19.9 Å². The van der Waals surface area contributed by atoms with Gasteiger partial charge in [0.2, 0.25) is 0 Å². The number of nitrogens with zero attached hydrogens (tertiary/aromatic N) is 1. The number of rotatable bonds is 7. The first kappa shape index (κ1) is 16.4. The van der Waals surface area contributed by atoms with Crippen LogP contribution in [0.1, 0.15) is 37.9 Å². The van der Waals surface area contributed by atoms with Crippen LogP contribution in [0, 0.1) is 0 Å². The first-order valence-corrected chi connectivity index (χ1v) is 8.04. The average molecular weight is 292 g/mol. The standard InChI is InChI=1S/C17H28N2O2/c1-4-14-6-7-15(19-13-14)12-16(18-5-2)17(20-3)8-10-21-11-9-17/h6-7,13,16,18H,4-5,8-12H2,1-3H3. The van der Waals surface area contributed by atoms with Gasteiger partial charge in [-0.3, -0.25) is 4.98 Å². The van der Waals surface area contributed by atoms with Crippen molar-refractivity contribution in [2.45, 2.75) is 51.2 Å². The summed E-state index contributed by atoms with van der Waals surface area (Å²) in [4.78, 5) is 4.61. The van der Waals surface area contributed by atoms with Crippen molar-refractivity contribution in [1.29, 1.82) is 0 Å². The lowest BCUT2D eigenvalue weighted by Gasteiger charge is -2.42. The van der Waals surface area contributed by atoms with Gasteiger partial charge in [-0.2, -0.15) is 0 Å². The SMILES string of the molecule is CCNC(Cc1ccc(CC)cn1)C1(OC)CCOCC1. The van der Waals surface area contributed by atoms with Crippen molar-refractivity contribution in [1.82, 2.24) is 10.3 Å². The molecule has 1 aromatic rings. The summed E-state index contributed by atoms with van der Waals surface area (Å²) in [6.45, 7) is 6.78. The van der Waals surface area contributed by atoms with Crippen LogP contribution in [0.4, 0.5) is 0 Å². The third-order valence-corrected chi connectivity index (χ3v) is 4.54. The summed E-state index contributed by atoms with van der Waals surface area (Å²) in [5.74, 6) is 0. The molecule has 1 fully saturated rings. The number of likely N-dealkylation sites (N-methyl/N-ethyl adjacent to an activating group) is 1. The van der Waals surface area contributed by atoms with Gasteiger partial charge >= 0.3 is 0 Å². The van der Waals surface area contributed by atoms with E-state index in [1.807, 2.05) is 13.3 Å². The summed E-state index contributed by atoms with van der Waals surface area (Å²) in [7, 11) is 1.82. The van der Waals surface area contributed by atoms with E-state index in [2.05, 4.69) is 36.3 Å². The van der Waals surface area contributed by atoms with E-state index in [9.17, 15) is 0 Å². The Balaban J connectivity index is 2.12. The monoisotopic (exact) mass is 292 g/mol. The fourth-order valence-electron chi connectivity index (χ4n) is 3.10. The van der Waals surface area contributed by atoms with Gasteiger partial charge in [0.15, 0.2) is 0 Å². The topological polar surface area (TPSA) is 43.4 Å². The molecule has 0 spiro atoms. The van der Waals surface area contributed by atoms with E-state index in [-0.39, 0.29) is 11.6 Å². The van der Waals surface area contributed by atoms with Crippen LogP contribution in [-0.2, 0) is 22.3 Å². The third-order valence-electron chi connectivity index (χ3n) is 4.54. The zero-order valence-corrected chi connectivity index (χ0v) is 13.5. The van der Waals surface area contributed by atoms with Crippen molar-refractivity contribution < 1.29 is 9.47 Å². The van der Waals surface area contributed by atoms with Crippen LogP contribution in [0.5, 0.6) is 0 Å². The highest BCUT2D eigenvalue weighted by Crippen LogP contribution is 2.30. The number of aromatic nitrogens is 1. The van der Waals surface area contributed by atoms with Crippen LogP contribution >= 0.6 is 0 Å². The lowest BCUT2D eigenvalue weighted by atomic mass is 9.83. The fraction of sp³-hybridized carbons (Fsp3) is 0.706. The molecule has 1 aliphatic rings. The Morgan fingerprint density at radius 1 is 1.33 bits per heavy atom. The maximum atomic E-state index is 5.94. The molecule has 0 aliphatic carbocycles. The summed E-state index contributed by atoms with van der Waals surface area (Å²) >= 11 is 0. The summed E-state index contributed by atoms with van der Waals surface area (Å²) in [5.41, 5.74) is 2.27. The zero-order chi connectivity index (χ0) is 15.1. The smallest absolute Gasteiger partial charge is 0.0878 e. The maximum absolute atomic E-state index is 5.94. The molecular weight excluding hydrogens is 264 g/mol. The van der Waals surface area contributed by atoms with Crippen LogP contribution in [0.15, 0.2) is 18.3 Å². The predicted molar refractivity (Wildman–Crippen MR) is 84.6 cm³/mol. The average Bonchev–Trinajstić information content (AvgIpc) is 2.56. The van der Waals surface area contributed by atoms with E-state index in [1.165, 1.54) is 5.56 Å². The van der Waals surface area contributed by atoms with Crippen molar-refractivity contribution in [3.05, 3.63) is 29.6 Å². The lowest BCUT2D eigenvalue weighted by molar-refractivity contribution is -0.110. The van der Waals surface area contributed by atoms with E-state index in [4.69, 9.17) is 9.47 Å². The molecular formula is C17H28N2O2. The lowest BCUT2D eigenvalue weighted by Crippen LogP contribution is -2.56. The molecule has 1 aliphatic heterocycles. The molecule has 4 heteroatoms. The summed E-state index contributed by atoms with van der Waals surface area (Å²) in [5, 5.41) is 3.60. The second kappa shape index (κ2) is 7.87. The molecule has 2 heterocycles. The molecule has 0 saturated carbocycles. The molecule has 0 bridgehead atoms. The summed E-state index contributed by atoms with van der Waals surface area (Å²) in [6.07, 6.45) is 5.79. The molecule has 2 rings (SSSR count). The molecule has 0 radical (unpaired) electrons. The maximum Gasteiger partial charge on any atom is 0.0878 e. The Morgan fingerprint density at radius 3 is 2.62 bits per heavy atom.